The molecule has 2 heterocycles. The summed E-state index contributed by atoms with van der Waals surface area (Å²) in [6.45, 7) is 0. The molecule has 2 aromatic heterocycles. The van der Waals surface area contributed by atoms with Crippen LogP contribution >= 0.6 is 0 Å². The summed E-state index contributed by atoms with van der Waals surface area (Å²) in [6, 6.07) is 16.3. The van der Waals surface area contributed by atoms with E-state index in [0.29, 0.717) is 16.5 Å². The minimum absolute atomic E-state index is 0.228. The van der Waals surface area contributed by atoms with Crippen LogP contribution in [0.4, 0.5) is 8.78 Å². The second-order valence-electron chi connectivity index (χ2n) is 6.18. The van der Waals surface area contributed by atoms with Crippen LogP contribution in [0.5, 0.6) is 0 Å². The molecule has 0 radical (unpaired) electrons. The third kappa shape index (κ3) is 2.08. The molecule has 0 unspecified atom stereocenters. The number of hydrogen-bond donors (Lipinski definition) is 0. The molecule has 0 spiro atoms. The molecule has 0 aliphatic rings. The Labute approximate surface area is 149 Å². The van der Waals surface area contributed by atoms with Gasteiger partial charge in [-0.15, -0.1) is 0 Å². The lowest BCUT2D eigenvalue weighted by Crippen LogP contribution is -2.25. The lowest BCUT2D eigenvalue weighted by molar-refractivity contribution is 0.626. The molecule has 0 N–H and O–H groups in total. The first-order valence-corrected chi connectivity index (χ1v) is 8.19. The highest BCUT2D eigenvalue weighted by atomic mass is 19.1. The Hall–Kier alpha value is -3.74. The van der Waals surface area contributed by atoms with E-state index in [1.165, 1.54) is 36.4 Å². The third-order valence-corrected chi connectivity index (χ3v) is 4.63. The van der Waals surface area contributed by atoms with Crippen LogP contribution in [-0.4, -0.2) is 13.6 Å². The van der Waals surface area contributed by atoms with Crippen molar-refractivity contribution in [1.82, 2.24) is 13.6 Å². The van der Waals surface area contributed by atoms with E-state index in [9.17, 15) is 18.4 Å². The van der Waals surface area contributed by atoms with Crippen molar-refractivity contribution in [2.45, 2.75) is 0 Å². The lowest BCUT2D eigenvalue weighted by atomic mass is 10.1. The molecule has 5 rings (SSSR count). The molecule has 132 valence electrons. The highest BCUT2D eigenvalue weighted by Gasteiger charge is 2.19. The van der Waals surface area contributed by atoms with E-state index in [2.05, 4.69) is 0 Å². The van der Waals surface area contributed by atoms with E-state index < -0.39 is 23.0 Å². The van der Waals surface area contributed by atoms with Crippen molar-refractivity contribution in [3.63, 3.8) is 0 Å². The summed E-state index contributed by atoms with van der Waals surface area (Å²) in [6.07, 6.45) is 0. The molecule has 3 aromatic carbocycles. The summed E-state index contributed by atoms with van der Waals surface area (Å²) in [5, 5.41) is 1.08. The topological polar surface area (TPSA) is 47.9 Å². The van der Waals surface area contributed by atoms with Crippen molar-refractivity contribution in [3.8, 4) is 5.69 Å². The molecule has 0 amide bonds. The smallest absolute Gasteiger partial charge is 0.245 e. The second kappa shape index (κ2) is 5.38. The monoisotopic (exact) mass is 363 g/mol. The Balaban J connectivity index is 2.14. The van der Waals surface area contributed by atoms with Crippen LogP contribution in [0.3, 0.4) is 0 Å². The number of halogens is 2. The molecule has 7 heteroatoms. The van der Waals surface area contributed by atoms with Crippen molar-refractivity contribution < 1.29 is 8.78 Å². The molecule has 0 atom stereocenters. The fraction of sp³-hybridized carbons (Fsp3) is 0. The van der Waals surface area contributed by atoms with Crippen LogP contribution in [0.1, 0.15) is 0 Å². The Morgan fingerprint density at radius 3 is 1.59 bits per heavy atom. The van der Waals surface area contributed by atoms with Crippen LogP contribution < -0.4 is 11.4 Å². The highest BCUT2D eigenvalue weighted by molar-refractivity contribution is 6.04. The number of nitrogens with zero attached hydrogens (tertiary/aromatic N) is 3. The molecular weight excluding hydrogens is 352 g/mol. The Morgan fingerprint density at radius 1 is 0.630 bits per heavy atom. The van der Waals surface area contributed by atoms with E-state index in [-0.39, 0.29) is 11.0 Å². The Bertz CT molecular complexity index is 1390. The van der Waals surface area contributed by atoms with Gasteiger partial charge >= 0.3 is 11.4 Å². The molecule has 0 bridgehead atoms. The minimum atomic E-state index is -0.659. The summed E-state index contributed by atoms with van der Waals surface area (Å²) in [5.41, 5.74) is -0.490. The van der Waals surface area contributed by atoms with Crippen molar-refractivity contribution in [2.75, 3.05) is 0 Å². The highest BCUT2D eigenvalue weighted by Crippen LogP contribution is 2.25. The molecule has 0 saturated heterocycles. The molecule has 27 heavy (non-hydrogen) atoms. The Morgan fingerprint density at radius 2 is 1.11 bits per heavy atom. The van der Waals surface area contributed by atoms with E-state index >= 15 is 0 Å². The maximum Gasteiger partial charge on any atom is 0.356 e. The first-order valence-electron chi connectivity index (χ1n) is 8.19. The summed E-state index contributed by atoms with van der Waals surface area (Å²) in [4.78, 5) is 26.2. The van der Waals surface area contributed by atoms with Gasteiger partial charge in [-0.2, -0.15) is 9.03 Å². The molecule has 0 saturated carbocycles. The zero-order chi connectivity index (χ0) is 18.7. The molecule has 0 fully saturated rings. The van der Waals surface area contributed by atoms with E-state index in [1.54, 1.807) is 30.3 Å². The van der Waals surface area contributed by atoms with Gasteiger partial charge in [0.2, 0.25) is 0 Å². The molecule has 0 aliphatic carbocycles. The summed E-state index contributed by atoms with van der Waals surface area (Å²) >= 11 is 0. The maximum absolute atomic E-state index is 13.9. The van der Waals surface area contributed by atoms with Gasteiger partial charge in [-0.25, -0.2) is 22.9 Å². The molecule has 5 nitrogen and oxygen atoms in total. The van der Waals surface area contributed by atoms with Crippen LogP contribution in [0, 0.1) is 11.6 Å². The van der Waals surface area contributed by atoms with Gasteiger partial charge in [0.25, 0.3) is 0 Å². The van der Waals surface area contributed by atoms with Crippen LogP contribution in [0.25, 0.3) is 27.5 Å². The first-order chi connectivity index (χ1) is 13.1. The predicted molar refractivity (Wildman–Crippen MR) is 97.6 cm³/mol. The van der Waals surface area contributed by atoms with Crippen molar-refractivity contribution >= 4 is 21.8 Å². The fourth-order valence-corrected chi connectivity index (χ4v) is 3.48. The first kappa shape index (κ1) is 15.5. The average molecular weight is 363 g/mol. The number of aromatic nitrogens is 3. The van der Waals surface area contributed by atoms with Crippen LogP contribution in [-0.2, 0) is 0 Å². The van der Waals surface area contributed by atoms with Gasteiger partial charge < -0.3 is 0 Å². The zero-order valence-corrected chi connectivity index (χ0v) is 13.8. The van der Waals surface area contributed by atoms with Gasteiger partial charge in [-0.1, -0.05) is 18.2 Å². The zero-order valence-electron chi connectivity index (χ0n) is 13.8. The third-order valence-electron chi connectivity index (χ3n) is 4.63. The van der Waals surface area contributed by atoms with Crippen LogP contribution in [0.2, 0.25) is 0 Å². The fourth-order valence-electron chi connectivity index (χ4n) is 3.48. The van der Waals surface area contributed by atoms with Crippen molar-refractivity contribution in [1.29, 1.82) is 0 Å². The van der Waals surface area contributed by atoms with Crippen LogP contribution in [0.15, 0.2) is 76.3 Å². The number of hydrogen-bond acceptors (Lipinski definition) is 2. The maximum atomic E-state index is 13.9. The van der Waals surface area contributed by atoms with E-state index in [1.807, 2.05) is 0 Å². The van der Waals surface area contributed by atoms with Gasteiger partial charge in [0.05, 0.1) is 16.7 Å². The average Bonchev–Trinajstić information content (AvgIpc) is 2.93. The lowest BCUT2D eigenvalue weighted by Gasteiger charge is -2.08. The predicted octanol–water partition coefficient (Wildman–Crippen LogP) is 3.13. The second-order valence-corrected chi connectivity index (χ2v) is 6.18. The molecular formula is C20H11F2N3O2. The molecule has 0 aliphatic heterocycles. The largest absolute Gasteiger partial charge is 0.356 e. The minimum Gasteiger partial charge on any atom is -0.245 e. The van der Waals surface area contributed by atoms with Crippen molar-refractivity contribution in [2.24, 2.45) is 0 Å². The number of rotatable bonds is 1. The summed E-state index contributed by atoms with van der Waals surface area (Å²) in [7, 11) is 0. The number of benzene rings is 3. The number of fused-ring (bicyclic) bond motifs is 6. The standard InChI is InChI=1S/C20H11F2N3O2/c21-12-6-8-15-16-9-7-13(22)11-18(16)25-20(27)23(14-4-2-1-3-5-14)19(26)24(25)17(15)10-12/h1-11H. The van der Waals surface area contributed by atoms with Gasteiger partial charge in [-0.3, -0.25) is 0 Å². The van der Waals surface area contributed by atoms with Gasteiger partial charge in [0, 0.05) is 22.9 Å². The van der Waals surface area contributed by atoms with E-state index in [0.717, 1.165) is 13.6 Å². The quantitative estimate of drug-likeness (QED) is 0.430. The van der Waals surface area contributed by atoms with Crippen molar-refractivity contribution in [3.05, 3.63) is 99.3 Å². The number of para-hydroxylation sites is 1. The Kier molecular flexibility index (Phi) is 3.09. The van der Waals surface area contributed by atoms with Gasteiger partial charge in [0.1, 0.15) is 11.6 Å². The normalized spacial score (nSPS) is 11.6. The van der Waals surface area contributed by atoms with E-state index in [4.69, 9.17) is 0 Å². The van der Waals surface area contributed by atoms with Gasteiger partial charge in [-0.05, 0) is 36.4 Å². The SMILES string of the molecule is O=c1n(-c2ccccc2)c(=O)n2c3cc(F)ccc3c3ccc(F)cc3n12. The summed E-state index contributed by atoms with van der Waals surface area (Å²) in [5.74, 6) is -1.09. The molecule has 5 aromatic rings. The van der Waals surface area contributed by atoms with Gasteiger partial charge in [0.15, 0.2) is 0 Å². The summed E-state index contributed by atoms with van der Waals surface area (Å²) < 4.78 is 31.0.